The lowest BCUT2D eigenvalue weighted by Crippen LogP contribution is -2.54. The minimum atomic E-state index is -0.0288. The third-order valence-corrected chi connectivity index (χ3v) is 6.85. The molecule has 5 rings (SSSR count). The maximum Gasteiger partial charge on any atom is 0.220 e. The van der Waals surface area contributed by atoms with Crippen LogP contribution in [0.4, 0.5) is 0 Å². The molecular weight excluding hydrogens is 468 g/mol. The van der Waals surface area contributed by atoms with Crippen LogP contribution in [0.25, 0.3) is 0 Å². The minimum Gasteiger partial charge on any atom is -0.493 e. The first-order valence-corrected chi connectivity index (χ1v) is 12.0. The van der Waals surface area contributed by atoms with E-state index in [1.807, 2.05) is 42.7 Å². The molecule has 1 saturated heterocycles. The van der Waals surface area contributed by atoms with E-state index in [9.17, 15) is 4.79 Å². The highest BCUT2D eigenvalue weighted by Gasteiger charge is 2.44. The molecule has 1 fully saturated rings. The highest BCUT2D eigenvalue weighted by atomic mass is 35.5. The maximum absolute atomic E-state index is 12.5. The van der Waals surface area contributed by atoms with Crippen molar-refractivity contribution in [2.24, 2.45) is 5.10 Å². The zero-order valence-electron chi connectivity index (χ0n) is 19.7. The summed E-state index contributed by atoms with van der Waals surface area (Å²) in [6.45, 7) is 0.422. The first kappa shape index (κ1) is 23.3. The van der Waals surface area contributed by atoms with Crippen LogP contribution in [0.1, 0.15) is 36.4 Å². The van der Waals surface area contributed by atoms with E-state index in [-0.39, 0.29) is 24.2 Å². The van der Waals surface area contributed by atoms with E-state index in [2.05, 4.69) is 43.3 Å². The van der Waals surface area contributed by atoms with E-state index < -0.39 is 0 Å². The Labute approximate surface area is 209 Å². The van der Waals surface area contributed by atoms with Crippen LogP contribution in [-0.2, 0) is 11.3 Å². The van der Waals surface area contributed by atoms with Crippen molar-refractivity contribution in [3.8, 4) is 11.5 Å². The van der Waals surface area contributed by atoms with Crippen molar-refractivity contribution in [2.75, 3.05) is 14.2 Å². The van der Waals surface area contributed by atoms with Gasteiger partial charge >= 0.3 is 0 Å². The second-order valence-electron chi connectivity index (χ2n) is 8.72. The minimum absolute atomic E-state index is 0.0228. The number of amides is 1. The number of hydrazone groups is 1. The van der Waals surface area contributed by atoms with Gasteiger partial charge in [-0.2, -0.15) is 5.10 Å². The summed E-state index contributed by atoms with van der Waals surface area (Å²) in [4.78, 5) is 14.6. The van der Waals surface area contributed by atoms with Crippen LogP contribution in [0, 0.1) is 0 Å². The summed E-state index contributed by atoms with van der Waals surface area (Å²) in [5.74, 6) is 2.14. The van der Waals surface area contributed by atoms with Gasteiger partial charge in [-0.1, -0.05) is 29.8 Å². The molecule has 0 bridgehead atoms. The lowest BCUT2D eigenvalue weighted by atomic mass is 9.99. The maximum atomic E-state index is 12.5. The van der Waals surface area contributed by atoms with Crippen LogP contribution >= 0.6 is 11.6 Å². The number of ether oxygens (including phenoxy) is 2. The van der Waals surface area contributed by atoms with Crippen LogP contribution in [0.5, 0.6) is 11.5 Å². The van der Waals surface area contributed by atoms with E-state index in [1.165, 1.54) is 5.56 Å². The normalized spacial score (nSPS) is 22.3. The summed E-state index contributed by atoms with van der Waals surface area (Å²) in [7, 11) is 3.19. The molecule has 10 heteroatoms. The Balaban J connectivity index is 1.13. The second-order valence-corrected chi connectivity index (χ2v) is 9.15. The van der Waals surface area contributed by atoms with E-state index in [1.54, 1.807) is 14.2 Å². The number of halogens is 1. The zero-order valence-corrected chi connectivity index (χ0v) is 20.5. The summed E-state index contributed by atoms with van der Waals surface area (Å²) >= 11 is 6.04. The zero-order chi connectivity index (χ0) is 24.4. The van der Waals surface area contributed by atoms with Gasteiger partial charge in [0, 0.05) is 36.8 Å². The molecular formula is C25H29ClN6O3. The molecule has 0 aromatic heterocycles. The Kier molecular flexibility index (Phi) is 6.70. The molecule has 1 amide bonds. The van der Waals surface area contributed by atoms with Crippen LogP contribution in [0.3, 0.4) is 0 Å². The first-order chi connectivity index (χ1) is 17.1. The van der Waals surface area contributed by atoms with Gasteiger partial charge in [0.15, 0.2) is 11.5 Å². The molecule has 9 nitrogen and oxygen atoms in total. The van der Waals surface area contributed by atoms with Gasteiger partial charge in [0.2, 0.25) is 5.91 Å². The van der Waals surface area contributed by atoms with Crippen LogP contribution < -0.4 is 25.6 Å². The van der Waals surface area contributed by atoms with Crippen molar-refractivity contribution in [3.05, 3.63) is 71.0 Å². The summed E-state index contributed by atoms with van der Waals surface area (Å²) < 4.78 is 10.6. The molecule has 0 aliphatic carbocycles. The Morgan fingerprint density at radius 1 is 1.14 bits per heavy atom. The van der Waals surface area contributed by atoms with Crippen LogP contribution in [0.15, 0.2) is 60.0 Å². The molecule has 3 N–H and O–H groups in total. The molecule has 3 heterocycles. The lowest BCUT2D eigenvalue weighted by molar-refractivity contribution is -0.121. The van der Waals surface area contributed by atoms with Crippen molar-refractivity contribution >= 4 is 23.3 Å². The van der Waals surface area contributed by atoms with E-state index >= 15 is 0 Å². The fraction of sp³-hybridized carbons (Fsp3) is 0.360. The number of rotatable bonds is 8. The second kappa shape index (κ2) is 10.1. The Bertz CT molecular complexity index is 1140. The SMILES string of the molecule is COc1ccc(CNC(=O)CCC2=NNC3C4CC(c5ccc(Cl)cc5)NN4C=CN23)cc1OC. The predicted octanol–water partition coefficient (Wildman–Crippen LogP) is 3.10. The Morgan fingerprint density at radius 3 is 2.71 bits per heavy atom. The summed E-state index contributed by atoms with van der Waals surface area (Å²) in [5.41, 5.74) is 8.97. The van der Waals surface area contributed by atoms with Crippen molar-refractivity contribution in [3.63, 3.8) is 0 Å². The quantitative estimate of drug-likeness (QED) is 0.517. The van der Waals surface area contributed by atoms with E-state index in [4.69, 9.17) is 21.1 Å². The van der Waals surface area contributed by atoms with Crippen molar-refractivity contribution in [1.82, 2.24) is 26.1 Å². The average Bonchev–Trinajstić information content (AvgIpc) is 3.50. The molecule has 2 aromatic carbocycles. The van der Waals surface area contributed by atoms with E-state index in [0.717, 1.165) is 22.8 Å². The number of hydrazine groups is 1. The molecule has 35 heavy (non-hydrogen) atoms. The van der Waals surface area contributed by atoms with Gasteiger partial charge in [0.05, 0.1) is 26.3 Å². The van der Waals surface area contributed by atoms with Gasteiger partial charge in [-0.3, -0.25) is 10.2 Å². The first-order valence-electron chi connectivity index (χ1n) is 11.6. The third-order valence-electron chi connectivity index (χ3n) is 6.60. The molecule has 0 spiro atoms. The van der Waals surface area contributed by atoms with E-state index in [0.29, 0.717) is 30.9 Å². The third kappa shape index (κ3) is 4.87. The number of methoxy groups -OCH3 is 2. The standard InChI is InChI=1S/C25H29ClN6O3/c1-34-21-8-3-16(13-22(21)35-2)15-27-24(33)10-9-23-28-29-25-20-14-19(17-4-6-18(26)7-5-17)30-32(20)12-11-31(23)25/h3-8,11-13,19-20,25,29-30H,9-10,14-15H2,1-2H3,(H,27,33). The molecule has 3 aliphatic heterocycles. The Morgan fingerprint density at radius 2 is 1.94 bits per heavy atom. The van der Waals surface area contributed by atoms with Gasteiger partial charge < -0.3 is 24.7 Å². The average molecular weight is 497 g/mol. The molecule has 0 radical (unpaired) electrons. The van der Waals surface area contributed by atoms with Crippen molar-refractivity contribution < 1.29 is 14.3 Å². The summed E-state index contributed by atoms with van der Waals surface area (Å²) in [5, 5.41) is 10.4. The van der Waals surface area contributed by atoms with Crippen molar-refractivity contribution in [1.29, 1.82) is 0 Å². The van der Waals surface area contributed by atoms with Gasteiger partial charge in [0.25, 0.3) is 0 Å². The van der Waals surface area contributed by atoms with Gasteiger partial charge in [-0.25, -0.2) is 5.43 Å². The Hall–Kier alpha value is -3.43. The number of fused-ring (bicyclic) bond motifs is 3. The topological polar surface area (TPSA) is 90.5 Å². The lowest BCUT2D eigenvalue weighted by Gasteiger charge is -2.37. The van der Waals surface area contributed by atoms with Crippen LogP contribution in [-0.4, -0.2) is 48.1 Å². The van der Waals surface area contributed by atoms with Crippen molar-refractivity contribution in [2.45, 2.75) is 44.1 Å². The monoisotopic (exact) mass is 496 g/mol. The summed E-state index contributed by atoms with van der Waals surface area (Å²) in [6, 6.07) is 14.0. The largest absolute Gasteiger partial charge is 0.493 e. The highest BCUT2D eigenvalue weighted by molar-refractivity contribution is 6.30. The number of carbonyl (C=O) groups excluding carboxylic acids is 1. The fourth-order valence-electron chi connectivity index (χ4n) is 4.73. The number of carbonyl (C=O) groups is 1. The smallest absolute Gasteiger partial charge is 0.220 e. The molecule has 0 saturated carbocycles. The van der Waals surface area contributed by atoms with Gasteiger partial charge in [-0.05, 0) is 41.8 Å². The van der Waals surface area contributed by atoms with Crippen LogP contribution in [0.2, 0.25) is 5.02 Å². The predicted molar refractivity (Wildman–Crippen MR) is 134 cm³/mol. The number of hydrogen-bond donors (Lipinski definition) is 3. The number of nitrogens with zero attached hydrogens (tertiary/aromatic N) is 3. The highest BCUT2D eigenvalue weighted by Crippen LogP contribution is 2.34. The number of benzene rings is 2. The molecule has 3 unspecified atom stereocenters. The molecule has 3 aliphatic rings. The fourth-order valence-corrected chi connectivity index (χ4v) is 4.85. The number of nitrogens with one attached hydrogen (secondary N) is 3. The number of hydrogen-bond acceptors (Lipinski definition) is 8. The summed E-state index contributed by atoms with van der Waals surface area (Å²) in [6.07, 6.45) is 5.90. The molecule has 3 atom stereocenters. The van der Waals surface area contributed by atoms with Gasteiger partial charge in [-0.15, -0.1) is 0 Å². The molecule has 2 aromatic rings. The van der Waals surface area contributed by atoms with Gasteiger partial charge in [0.1, 0.15) is 12.0 Å². The molecule has 184 valence electrons. The number of amidine groups is 1.